The van der Waals surface area contributed by atoms with Gasteiger partial charge in [-0.2, -0.15) is 0 Å². The van der Waals surface area contributed by atoms with Gasteiger partial charge in [0.25, 0.3) is 0 Å². The number of hydrogen-bond donors (Lipinski definition) is 0. The molecule has 4 rings (SSSR count). The van der Waals surface area contributed by atoms with Gasteiger partial charge in [0.15, 0.2) is 11.8 Å². The van der Waals surface area contributed by atoms with Crippen molar-refractivity contribution < 1.29 is 69.7 Å². The summed E-state index contributed by atoms with van der Waals surface area (Å²) in [6.45, 7) is 10.0. The number of aliphatic imine (C=N–C) groups is 2. The van der Waals surface area contributed by atoms with Gasteiger partial charge in [-0.3, -0.25) is 0 Å². The van der Waals surface area contributed by atoms with E-state index < -0.39 is 12.6 Å². The van der Waals surface area contributed by atoms with Crippen molar-refractivity contribution >= 4 is 11.8 Å². The summed E-state index contributed by atoms with van der Waals surface area (Å²) in [5.74, 6) is 2.63. The van der Waals surface area contributed by atoms with E-state index in [4.69, 9.17) is 38.4 Å². The molecule has 0 saturated heterocycles. The van der Waals surface area contributed by atoms with Crippen LogP contribution in [0, 0.1) is 0 Å². The van der Waals surface area contributed by atoms with Crippen LogP contribution in [0.1, 0.15) is 57.3 Å². The third kappa shape index (κ3) is 8.49. The summed E-state index contributed by atoms with van der Waals surface area (Å²) in [4.78, 5) is 9.65. The first-order valence-electron chi connectivity index (χ1n) is 12.3. The first-order valence-corrected chi connectivity index (χ1v) is 12.3. The first kappa shape index (κ1) is 34.0. The van der Waals surface area contributed by atoms with E-state index in [9.17, 15) is 0 Å². The smallest absolute Gasteiger partial charge is 1.00 e. The number of nitrogens with zero attached hydrogens (tertiary/aromatic N) is 2. The average Bonchev–Trinajstić information content (AvgIpc) is 3.44. The zero-order valence-electron chi connectivity index (χ0n) is 21.9. The Morgan fingerprint density at radius 1 is 0.658 bits per heavy atom. The summed E-state index contributed by atoms with van der Waals surface area (Å²) in [7, 11) is 0. The van der Waals surface area contributed by atoms with Crippen molar-refractivity contribution in [2.24, 2.45) is 9.98 Å². The first-order chi connectivity index (χ1) is 17.1. The van der Waals surface area contributed by atoms with Gasteiger partial charge in [-0.1, -0.05) is 24.3 Å². The molecule has 0 N–H and O–H groups in total. The van der Waals surface area contributed by atoms with Crippen molar-refractivity contribution in [1.82, 2.24) is 0 Å². The molecule has 0 saturated carbocycles. The van der Waals surface area contributed by atoms with E-state index in [1.54, 1.807) is 0 Å². The number of ether oxygens (including phenoxy) is 6. The predicted molar refractivity (Wildman–Crippen MR) is 133 cm³/mol. The molecule has 4 atom stereocenters. The van der Waals surface area contributed by atoms with Crippen LogP contribution in [0.3, 0.4) is 0 Å². The predicted octanol–water partition coefficient (Wildman–Crippen LogP) is -0.755. The Morgan fingerprint density at radius 3 is 1.45 bits per heavy atom. The number of halogens is 2. The van der Waals surface area contributed by atoms with Crippen LogP contribution in [0.2, 0.25) is 0 Å². The summed E-state index contributed by atoms with van der Waals surface area (Å²) in [5, 5.41) is 0. The van der Waals surface area contributed by atoms with E-state index in [0.29, 0.717) is 44.6 Å². The Hall–Kier alpha value is -2.03. The molecule has 38 heavy (non-hydrogen) atoms. The largest absolute Gasteiger partial charge is 2.00 e. The van der Waals surface area contributed by atoms with Gasteiger partial charge in [-0.05, 0) is 63.1 Å². The SMILES string of the molecule is CCOc1cccc([C@H]2N=C(CC3=N[C@H](c4cccc(OCC)c4)C(OCC)O3)OC2OCC)c1.[Cl-].[Cl-].[Ni+2]. The molecule has 0 aromatic heterocycles. The number of rotatable bonds is 12. The molecule has 11 heteroatoms. The van der Waals surface area contributed by atoms with Crippen LogP contribution in [0.25, 0.3) is 0 Å². The number of benzene rings is 2. The maximum Gasteiger partial charge on any atom is 2.00 e. The van der Waals surface area contributed by atoms with Gasteiger partial charge in [-0.25, -0.2) is 9.98 Å². The van der Waals surface area contributed by atoms with Gasteiger partial charge in [0, 0.05) is 13.2 Å². The van der Waals surface area contributed by atoms with Crippen LogP contribution >= 0.6 is 0 Å². The van der Waals surface area contributed by atoms with Crippen LogP contribution in [0.15, 0.2) is 58.5 Å². The zero-order valence-corrected chi connectivity index (χ0v) is 24.4. The fourth-order valence-corrected chi connectivity index (χ4v) is 4.15. The molecule has 0 amide bonds. The Labute approximate surface area is 247 Å². The molecule has 2 unspecified atom stereocenters. The monoisotopic (exact) mass is 610 g/mol. The van der Waals surface area contributed by atoms with Crippen LogP contribution in [-0.2, 0) is 35.4 Å². The topological polar surface area (TPSA) is 80.1 Å². The fourth-order valence-electron chi connectivity index (χ4n) is 4.15. The van der Waals surface area contributed by atoms with E-state index in [2.05, 4.69) is 0 Å². The fraction of sp³-hybridized carbons (Fsp3) is 0.481. The van der Waals surface area contributed by atoms with Crippen LogP contribution < -0.4 is 34.3 Å². The molecule has 0 bridgehead atoms. The molecule has 2 aliphatic heterocycles. The summed E-state index contributed by atoms with van der Waals surface area (Å²) in [6, 6.07) is 15.1. The molecule has 212 valence electrons. The summed E-state index contributed by atoms with van der Waals surface area (Å²) in [6.07, 6.45) is -0.721. The minimum Gasteiger partial charge on any atom is -1.00 e. The van der Waals surface area contributed by atoms with E-state index >= 15 is 0 Å². The summed E-state index contributed by atoms with van der Waals surface area (Å²) >= 11 is 0. The second kappa shape index (κ2) is 16.8. The second-order valence-corrected chi connectivity index (χ2v) is 8.01. The van der Waals surface area contributed by atoms with Crippen molar-refractivity contribution in [2.45, 2.75) is 58.8 Å². The standard InChI is InChI=1S/C27H34N2O6.2ClH.Ni/c1-5-30-20-13-9-11-18(15-20)24-26(32-7-3)34-22(28-24)17-23-29-25(27(35-23)33-8-4)19-12-10-14-21(16-19)31-6-2;;;/h9-16,24-27H,5-8,17H2,1-4H3;2*1H;/q;;;+2/p-2/t24-,25-,26?,27?;;;/m1.../s1. The van der Waals surface area contributed by atoms with Crippen LogP contribution in [0.4, 0.5) is 0 Å². The second-order valence-electron chi connectivity index (χ2n) is 8.01. The molecule has 0 radical (unpaired) electrons. The van der Waals surface area contributed by atoms with Crippen molar-refractivity contribution in [1.29, 1.82) is 0 Å². The van der Waals surface area contributed by atoms with Crippen molar-refractivity contribution in [3.05, 3.63) is 59.7 Å². The minimum absolute atomic E-state index is 0. The van der Waals surface area contributed by atoms with Crippen LogP contribution in [-0.4, -0.2) is 50.8 Å². The van der Waals surface area contributed by atoms with Crippen LogP contribution in [0.5, 0.6) is 11.5 Å². The molecule has 0 spiro atoms. The molecule has 2 aliphatic rings. The van der Waals surface area contributed by atoms with Gasteiger partial charge < -0.3 is 53.2 Å². The molecule has 0 aliphatic carbocycles. The summed E-state index contributed by atoms with van der Waals surface area (Å²) < 4.78 is 35.2. The van der Waals surface area contributed by atoms with E-state index in [0.717, 1.165) is 22.6 Å². The third-order valence-electron chi connectivity index (χ3n) is 5.57. The van der Waals surface area contributed by atoms with Gasteiger partial charge >= 0.3 is 16.5 Å². The van der Waals surface area contributed by atoms with E-state index in [1.165, 1.54) is 0 Å². The quantitative estimate of drug-likeness (QED) is 0.294. The molecular formula is C27H34Cl2N2NiO6. The Morgan fingerprint density at radius 2 is 1.08 bits per heavy atom. The zero-order chi connectivity index (χ0) is 24.6. The van der Waals surface area contributed by atoms with Gasteiger partial charge in [0.05, 0.1) is 19.6 Å². The minimum atomic E-state index is -0.518. The molecule has 8 nitrogen and oxygen atoms in total. The Bertz CT molecular complexity index is 976. The van der Waals surface area contributed by atoms with Gasteiger partial charge in [-0.15, -0.1) is 0 Å². The summed E-state index contributed by atoms with van der Waals surface area (Å²) in [5.41, 5.74) is 1.94. The Kier molecular flexibility index (Phi) is 15.1. The van der Waals surface area contributed by atoms with Gasteiger partial charge in [0.2, 0.25) is 12.6 Å². The number of hydrogen-bond acceptors (Lipinski definition) is 8. The average molecular weight is 612 g/mol. The maximum atomic E-state index is 6.08. The molecule has 2 aromatic rings. The maximum absolute atomic E-state index is 6.08. The van der Waals surface area contributed by atoms with Gasteiger partial charge in [0.1, 0.15) is 23.6 Å². The van der Waals surface area contributed by atoms with Crippen molar-refractivity contribution in [3.8, 4) is 11.5 Å². The third-order valence-corrected chi connectivity index (χ3v) is 5.57. The van der Waals surface area contributed by atoms with E-state index in [-0.39, 0.29) is 53.4 Å². The molecule has 2 aromatic carbocycles. The van der Waals surface area contributed by atoms with Crippen molar-refractivity contribution in [2.75, 3.05) is 26.4 Å². The molecular weight excluding hydrogens is 578 g/mol. The van der Waals surface area contributed by atoms with E-state index in [1.807, 2.05) is 76.2 Å². The normalized spacial score (nSPS) is 21.5. The Balaban J connectivity index is 0.00000241. The molecule has 0 fully saturated rings. The molecule has 2 heterocycles. The van der Waals surface area contributed by atoms with Crippen molar-refractivity contribution in [3.63, 3.8) is 0 Å².